The van der Waals surface area contributed by atoms with E-state index in [0.29, 0.717) is 0 Å². The molecule has 268 valence electrons. The monoisotopic (exact) mass is 728 g/mol. The van der Waals surface area contributed by atoms with E-state index in [4.69, 9.17) is 4.42 Å². The first-order chi connectivity index (χ1) is 28.3. The Morgan fingerprint density at radius 2 is 0.772 bits per heavy atom. The normalized spacial score (nSPS) is 11.5. The second-order valence-corrected chi connectivity index (χ2v) is 14.5. The van der Waals surface area contributed by atoms with Crippen molar-refractivity contribution in [1.29, 1.82) is 0 Å². The number of benzene rings is 9. The quantitative estimate of drug-likeness (QED) is 0.163. The van der Waals surface area contributed by atoms with E-state index in [1.807, 2.05) is 12.1 Å². The zero-order chi connectivity index (χ0) is 37.7. The van der Waals surface area contributed by atoms with Crippen molar-refractivity contribution in [2.75, 3.05) is 4.90 Å². The van der Waals surface area contributed by atoms with Crippen LogP contribution in [0.25, 0.3) is 82.8 Å². The van der Waals surface area contributed by atoms with E-state index in [9.17, 15) is 0 Å². The number of nitrogens with zero attached hydrogens (tertiary/aromatic N) is 2. The minimum atomic E-state index is 0.898. The Kier molecular flexibility index (Phi) is 7.82. The second kappa shape index (κ2) is 13.6. The molecule has 0 saturated heterocycles. The molecule has 0 unspecified atom stereocenters. The lowest BCUT2D eigenvalue weighted by Gasteiger charge is -2.26. The van der Waals surface area contributed by atoms with E-state index in [-0.39, 0.29) is 0 Å². The van der Waals surface area contributed by atoms with E-state index in [1.165, 1.54) is 38.6 Å². The van der Waals surface area contributed by atoms with Gasteiger partial charge in [0.1, 0.15) is 5.58 Å². The number of hydrogen-bond acceptors (Lipinski definition) is 2. The van der Waals surface area contributed by atoms with Gasteiger partial charge in [-0.15, -0.1) is 0 Å². The third kappa shape index (κ3) is 5.68. The highest BCUT2D eigenvalue weighted by Crippen LogP contribution is 2.41. The minimum Gasteiger partial charge on any atom is -0.454 e. The van der Waals surface area contributed by atoms with Crippen molar-refractivity contribution in [3.8, 4) is 39.1 Å². The van der Waals surface area contributed by atoms with Crippen LogP contribution >= 0.6 is 0 Å². The first-order valence-corrected chi connectivity index (χ1v) is 19.4. The van der Waals surface area contributed by atoms with Gasteiger partial charge < -0.3 is 13.9 Å². The summed E-state index contributed by atoms with van der Waals surface area (Å²) in [4.78, 5) is 2.34. The van der Waals surface area contributed by atoms with Crippen LogP contribution in [0.4, 0.5) is 17.1 Å². The van der Waals surface area contributed by atoms with Gasteiger partial charge in [0.05, 0.1) is 16.7 Å². The Morgan fingerprint density at radius 3 is 1.39 bits per heavy atom. The number of rotatable bonds is 7. The number of para-hydroxylation sites is 3. The Morgan fingerprint density at radius 1 is 0.316 bits per heavy atom. The van der Waals surface area contributed by atoms with Crippen molar-refractivity contribution >= 4 is 60.8 Å². The molecular formula is C54H36N2O. The highest BCUT2D eigenvalue weighted by Gasteiger charge is 2.19. The van der Waals surface area contributed by atoms with Gasteiger partial charge >= 0.3 is 0 Å². The van der Waals surface area contributed by atoms with E-state index in [1.54, 1.807) is 0 Å². The van der Waals surface area contributed by atoms with Crippen LogP contribution in [-0.4, -0.2) is 4.57 Å². The van der Waals surface area contributed by atoms with Crippen molar-refractivity contribution in [2.24, 2.45) is 0 Å². The third-order valence-electron chi connectivity index (χ3n) is 11.2. The van der Waals surface area contributed by atoms with Crippen LogP contribution in [0.3, 0.4) is 0 Å². The summed E-state index contributed by atoms with van der Waals surface area (Å²) in [6.45, 7) is 0. The predicted molar refractivity (Wildman–Crippen MR) is 239 cm³/mol. The van der Waals surface area contributed by atoms with E-state index in [2.05, 4.69) is 216 Å². The lowest BCUT2D eigenvalue weighted by Crippen LogP contribution is -2.09. The maximum atomic E-state index is 6.52. The Bertz CT molecular complexity index is 3110. The molecule has 0 aliphatic rings. The van der Waals surface area contributed by atoms with Crippen LogP contribution in [0.1, 0.15) is 0 Å². The fraction of sp³-hybridized carbons (Fsp3) is 0. The molecule has 3 heteroatoms. The maximum absolute atomic E-state index is 6.52. The number of hydrogen-bond donors (Lipinski definition) is 0. The average molecular weight is 729 g/mol. The van der Waals surface area contributed by atoms with Crippen molar-refractivity contribution in [1.82, 2.24) is 4.57 Å². The van der Waals surface area contributed by atoms with Gasteiger partial charge in [0.2, 0.25) is 0 Å². The molecule has 2 heterocycles. The topological polar surface area (TPSA) is 21.3 Å². The molecule has 57 heavy (non-hydrogen) atoms. The lowest BCUT2D eigenvalue weighted by molar-refractivity contribution is 0.666. The summed E-state index contributed by atoms with van der Waals surface area (Å²) < 4.78 is 8.87. The molecular weight excluding hydrogens is 693 g/mol. The fourth-order valence-corrected chi connectivity index (χ4v) is 8.44. The minimum absolute atomic E-state index is 0.898. The molecule has 0 atom stereocenters. The van der Waals surface area contributed by atoms with Crippen molar-refractivity contribution in [3.63, 3.8) is 0 Å². The molecule has 0 radical (unpaired) electrons. The second-order valence-electron chi connectivity index (χ2n) is 14.5. The lowest BCUT2D eigenvalue weighted by atomic mass is 10.0. The summed E-state index contributed by atoms with van der Waals surface area (Å²) in [6.07, 6.45) is 0. The molecule has 0 spiro atoms. The predicted octanol–water partition coefficient (Wildman–Crippen LogP) is 15.2. The molecule has 2 aromatic heterocycles. The van der Waals surface area contributed by atoms with Gasteiger partial charge in [0, 0.05) is 38.6 Å². The molecule has 0 saturated carbocycles. The Hall–Kier alpha value is -7.62. The number of furan rings is 1. The Balaban J connectivity index is 0.989. The van der Waals surface area contributed by atoms with E-state index >= 15 is 0 Å². The number of fused-ring (bicyclic) bond motifs is 6. The summed E-state index contributed by atoms with van der Waals surface area (Å²) in [5.41, 5.74) is 15.6. The van der Waals surface area contributed by atoms with Crippen LogP contribution in [0.15, 0.2) is 223 Å². The van der Waals surface area contributed by atoms with Crippen LogP contribution < -0.4 is 4.90 Å². The van der Waals surface area contributed by atoms with Gasteiger partial charge in [-0.05, 0) is 100 Å². The van der Waals surface area contributed by atoms with Crippen molar-refractivity contribution in [3.05, 3.63) is 218 Å². The molecule has 0 amide bonds. The molecule has 3 nitrogen and oxygen atoms in total. The van der Waals surface area contributed by atoms with Gasteiger partial charge in [-0.2, -0.15) is 0 Å². The van der Waals surface area contributed by atoms with Crippen LogP contribution in [-0.2, 0) is 0 Å². The molecule has 11 aromatic rings. The van der Waals surface area contributed by atoms with Crippen LogP contribution in [0.5, 0.6) is 0 Å². The zero-order valence-corrected chi connectivity index (χ0v) is 31.1. The molecule has 0 aliphatic heterocycles. The van der Waals surface area contributed by atoms with Gasteiger partial charge in [-0.25, -0.2) is 0 Å². The smallest absolute Gasteiger partial charge is 0.159 e. The van der Waals surface area contributed by atoms with Crippen LogP contribution in [0.2, 0.25) is 0 Å². The summed E-state index contributed by atoms with van der Waals surface area (Å²) in [5.74, 6) is 0. The molecule has 0 aliphatic carbocycles. The number of anilines is 3. The standard InChI is InChI=1S/C54H36N2O/c1-3-12-37(13-4-1)39-22-29-43(30-23-39)55(44-31-24-40(25-32-44)38-14-5-2-6-15-38)45-33-26-41(27-34-45)42-28-35-51-49(36-42)46-16-7-9-19-50(46)56(51)52-20-11-18-48-47-17-8-10-21-53(47)57-54(48)52/h1-36H. The van der Waals surface area contributed by atoms with Crippen molar-refractivity contribution < 1.29 is 4.42 Å². The molecule has 0 fully saturated rings. The first kappa shape index (κ1) is 32.8. The van der Waals surface area contributed by atoms with E-state index in [0.717, 1.165) is 61.3 Å². The first-order valence-electron chi connectivity index (χ1n) is 19.4. The Labute approximate surface area is 330 Å². The van der Waals surface area contributed by atoms with Gasteiger partial charge in [-0.1, -0.05) is 152 Å². The molecule has 0 bridgehead atoms. The third-order valence-corrected chi connectivity index (χ3v) is 11.2. The van der Waals surface area contributed by atoms with Gasteiger partial charge in [0.25, 0.3) is 0 Å². The number of aromatic nitrogens is 1. The zero-order valence-electron chi connectivity index (χ0n) is 31.1. The molecule has 9 aromatic carbocycles. The SMILES string of the molecule is c1ccc(-c2ccc(N(c3ccc(-c4ccccc4)cc3)c3ccc(-c4ccc5c(c4)c4ccccc4n5-c4cccc5c4oc4ccccc45)cc3)cc2)cc1. The van der Waals surface area contributed by atoms with Crippen molar-refractivity contribution in [2.45, 2.75) is 0 Å². The highest BCUT2D eigenvalue weighted by molar-refractivity contribution is 6.13. The molecule has 0 N–H and O–H groups in total. The maximum Gasteiger partial charge on any atom is 0.159 e. The summed E-state index contributed by atoms with van der Waals surface area (Å²) in [5, 5.41) is 4.67. The van der Waals surface area contributed by atoms with Gasteiger partial charge in [0.15, 0.2) is 5.58 Å². The largest absolute Gasteiger partial charge is 0.454 e. The summed E-state index contributed by atoms with van der Waals surface area (Å²) in [7, 11) is 0. The highest BCUT2D eigenvalue weighted by atomic mass is 16.3. The fourth-order valence-electron chi connectivity index (χ4n) is 8.44. The van der Waals surface area contributed by atoms with Gasteiger partial charge in [-0.3, -0.25) is 0 Å². The average Bonchev–Trinajstić information content (AvgIpc) is 3.84. The van der Waals surface area contributed by atoms with Crippen LogP contribution in [0, 0.1) is 0 Å². The molecule has 11 rings (SSSR count). The summed E-state index contributed by atoms with van der Waals surface area (Å²) in [6, 6.07) is 78.0. The summed E-state index contributed by atoms with van der Waals surface area (Å²) >= 11 is 0. The van der Waals surface area contributed by atoms with E-state index < -0.39 is 0 Å².